The quantitative estimate of drug-likeness (QED) is 0.519. The van der Waals surface area contributed by atoms with Crippen molar-refractivity contribution in [2.24, 2.45) is 4.40 Å². The third-order valence-corrected chi connectivity index (χ3v) is 4.26. The van der Waals surface area contributed by atoms with Crippen molar-refractivity contribution in [3.63, 3.8) is 0 Å². The molecule has 0 aromatic heterocycles. The van der Waals surface area contributed by atoms with Gasteiger partial charge >= 0.3 is 0 Å². The molecule has 3 nitrogen and oxygen atoms in total. The first-order chi connectivity index (χ1) is 9.00. The lowest BCUT2D eigenvalue weighted by Crippen LogP contribution is -2.00. The van der Waals surface area contributed by atoms with Crippen LogP contribution < -0.4 is 0 Å². The van der Waals surface area contributed by atoms with Gasteiger partial charge in [-0.2, -0.15) is 8.42 Å². The highest BCUT2D eigenvalue weighted by molar-refractivity contribution is 8.24. The maximum absolute atomic E-state index is 12.2. The van der Waals surface area contributed by atoms with E-state index in [1.165, 1.54) is 6.07 Å². The maximum Gasteiger partial charge on any atom is 0.284 e. The molecule has 0 saturated carbocycles. The predicted octanol–water partition coefficient (Wildman–Crippen LogP) is 3.26. The second-order valence-corrected chi connectivity index (χ2v) is 6.50. The van der Waals surface area contributed by atoms with E-state index < -0.39 is 10.0 Å². The lowest BCUT2D eigenvalue weighted by atomic mass is 10.1. The zero-order valence-electron chi connectivity index (χ0n) is 9.76. The van der Waals surface area contributed by atoms with Gasteiger partial charge in [0.2, 0.25) is 0 Å². The first-order valence-corrected chi connectivity index (χ1v) is 7.71. The third-order valence-electron chi connectivity index (χ3n) is 2.45. The van der Waals surface area contributed by atoms with Gasteiger partial charge in [-0.05, 0) is 11.6 Å². The van der Waals surface area contributed by atoms with E-state index in [0.717, 1.165) is 5.56 Å². The zero-order chi connectivity index (χ0) is 13.9. The van der Waals surface area contributed by atoms with Crippen LogP contribution in [0.2, 0.25) is 0 Å². The summed E-state index contributed by atoms with van der Waals surface area (Å²) in [4.78, 5) is 0.141. The van der Waals surface area contributed by atoms with E-state index in [1.807, 2.05) is 30.3 Å². The predicted molar refractivity (Wildman–Crippen MR) is 84.5 cm³/mol. The third kappa shape index (κ3) is 3.40. The first-order valence-electron chi connectivity index (χ1n) is 5.38. The van der Waals surface area contributed by atoms with Gasteiger partial charge in [0.05, 0.1) is 4.90 Å². The first kappa shape index (κ1) is 14.2. The average Bonchev–Trinajstić information content (AvgIpc) is 2.38. The SMILES string of the molecule is O=S(=O)(N=C(S)S)c1ccccc1-c1ccccc1. The number of benzene rings is 2. The summed E-state index contributed by atoms with van der Waals surface area (Å²) in [5, 5.41) is 0. The van der Waals surface area contributed by atoms with Crippen LogP contribution in [-0.2, 0) is 10.0 Å². The van der Waals surface area contributed by atoms with Crippen molar-refractivity contribution < 1.29 is 8.42 Å². The van der Waals surface area contributed by atoms with Crippen LogP contribution in [-0.4, -0.2) is 12.8 Å². The maximum atomic E-state index is 12.2. The number of thiol groups is 2. The molecule has 0 amide bonds. The molecular formula is C13H11NO2S3. The molecule has 2 aromatic rings. The topological polar surface area (TPSA) is 46.5 Å². The second-order valence-electron chi connectivity index (χ2n) is 3.73. The Bertz CT molecular complexity index is 706. The summed E-state index contributed by atoms with van der Waals surface area (Å²) >= 11 is 7.60. The molecule has 0 radical (unpaired) electrons. The average molecular weight is 309 g/mol. The normalized spacial score (nSPS) is 11.1. The van der Waals surface area contributed by atoms with Crippen molar-refractivity contribution >= 4 is 39.7 Å². The van der Waals surface area contributed by atoms with Crippen LogP contribution >= 0.6 is 25.3 Å². The van der Waals surface area contributed by atoms with Crippen molar-refractivity contribution in [2.45, 2.75) is 4.90 Å². The van der Waals surface area contributed by atoms with Gasteiger partial charge in [-0.3, -0.25) is 0 Å². The lowest BCUT2D eigenvalue weighted by Gasteiger charge is -2.07. The number of hydrogen-bond acceptors (Lipinski definition) is 2. The largest absolute Gasteiger partial charge is 0.284 e. The van der Waals surface area contributed by atoms with Crippen LogP contribution in [0.4, 0.5) is 0 Å². The molecule has 6 heteroatoms. The lowest BCUT2D eigenvalue weighted by molar-refractivity contribution is 0.598. The molecule has 0 atom stereocenters. The van der Waals surface area contributed by atoms with Crippen LogP contribution in [0, 0.1) is 0 Å². The Morgan fingerprint density at radius 3 is 2.11 bits per heavy atom. The van der Waals surface area contributed by atoms with Crippen LogP contribution in [0.1, 0.15) is 0 Å². The molecule has 0 aliphatic carbocycles. The number of nitrogens with zero attached hydrogens (tertiary/aromatic N) is 1. The molecule has 0 spiro atoms. The smallest absolute Gasteiger partial charge is 0.199 e. The summed E-state index contributed by atoms with van der Waals surface area (Å²) in [5.74, 6) is 0. The van der Waals surface area contributed by atoms with Crippen molar-refractivity contribution in [3.8, 4) is 11.1 Å². The van der Waals surface area contributed by atoms with Crippen LogP contribution in [0.15, 0.2) is 63.9 Å². The highest BCUT2D eigenvalue weighted by atomic mass is 32.2. The Kier molecular flexibility index (Phi) is 4.34. The molecule has 0 fully saturated rings. The van der Waals surface area contributed by atoms with E-state index in [1.54, 1.807) is 18.2 Å². The molecular weight excluding hydrogens is 298 g/mol. The molecule has 19 heavy (non-hydrogen) atoms. The Balaban J connectivity index is 2.65. The highest BCUT2D eigenvalue weighted by Crippen LogP contribution is 2.28. The molecule has 0 bridgehead atoms. The molecule has 0 N–H and O–H groups in total. The van der Waals surface area contributed by atoms with Crippen LogP contribution in [0.25, 0.3) is 11.1 Å². The number of hydrogen-bond donors (Lipinski definition) is 2. The minimum Gasteiger partial charge on any atom is -0.199 e. The summed E-state index contributed by atoms with van der Waals surface area (Å²) in [7, 11) is -3.80. The molecule has 98 valence electrons. The minimum atomic E-state index is -3.80. The van der Waals surface area contributed by atoms with Crippen LogP contribution in [0.5, 0.6) is 0 Å². The molecule has 2 aromatic carbocycles. The fraction of sp³-hybridized carbons (Fsp3) is 0. The molecule has 0 aliphatic heterocycles. The Morgan fingerprint density at radius 1 is 0.895 bits per heavy atom. The van der Waals surface area contributed by atoms with E-state index in [-0.39, 0.29) is 9.27 Å². The van der Waals surface area contributed by atoms with Gasteiger partial charge in [0.1, 0.15) is 4.38 Å². The van der Waals surface area contributed by atoms with E-state index in [2.05, 4.69) is 29.7 Å². The van der Waals surface area contributed by atoms with Crippen LogP contribution in [0.3, 0.4) is 0 Å². The van der Waals surface area contributed by atoms with Gasteiger partial charge < -0.3 is 0 Å². The summed E-state index contributed by atoms with van der Waals surface area (Å²) in [6, 6.07) is 16.0. The summed E-state index contributed by atoms with van der Waals surface area (Å²) < 4.78 is 27.7. The molecule has 0 heterocycles. The van der Waals surface area contributed by atoms with Gasteiger partial charge in [0.15, 0.2) is 0 Å². The fourth-order valence-corrected chi connectivity index (χ4v) is 3.38. The molecule has 0 saturated heterocycles. The summed E-state index contributed by atoms with van der Waals surface area (Å²) in [6.45, 7) is 0. The molecule has 2 rings (SSSR count). The van der Waals surface area contributed by atoms with Gasteiger partial charge in [0.25, 0.3) is 10.0 Å². The van der Waals surface area contributed by atoms with Crippen molar-refractivity contribution in [1.29, 1.82) is 0 Å². The van der Waals surface area contributed by atoms with E-state index in [9.17, 15) is 8.42 Å². The van der Waals surface area contributed by atoms with Crippen molar-refractivity contribution in [2.75, 3.05) is 0 Å². The summed E-state index contributed by atoms with van der Waals surface area (Å²) in [6.07, 6.45) is 0. The van der Waals surface area contributed by atoms with E-state index in [0.29, 0.717) is 5.56 Å². The monoisotopic (exact) mass is 309 g/mol. The zero-order valence-corrected chi connectivity index (χ0v) is 12.4. The Morgan fingerprint density at radius 2 is 1.47 bits per heavy atom. The van der Waals surface area contributed by atoms with Gasteiger partial charge in [-0.15, -0.1) is 29.7 Å². The van der Waals surface area contributed by atoms with Crippen molar-refractivity contribution in [3.05, 3.63) is 54.6 Å². The highest BCUT2D eigenvalue weighted by Gasteiger charge is 2.18. The van der Waals surface area contributed by atoms with Gasteiger partial charge in [-0.25, -0.2) is 0 Å². The van der Waals surface area contributed by atoms with E-state index in [4.69, 9.17) is 0 Å². The molecule has 0 aliphatic rings. The Hall–Kier alpha value is -1.24. The fourth-order valence-electron chi connectivity index (χ4n) is 1.70. The number of sulfonamides is 1. The van der Waals surface area contributed by atoms with Gasteiger partial charge in [-0.1, -0.05) is 48.5 Å². The Labute approximate surface area is 123 Å². The minimum absolute atomic E-state index is 0.0946. The number of rotatable bonds is 3. The second kappa shape index (κ2) is 5.81. The van der Waals surface area contributed by atoms with E-state index >= 15 is 0 Å². The standard InChI is InChI=1S/C13H11NO2S3/c15-19(16,14-13(17)18)12-9-5-4-8-11(12)10-6-2-1-3-7-10/h1-9H,(H2,14,17,18). The van der Waals surface area contributed by atoms with Crippen molar-refractivity contribution in [1.82, 2.24) is 0 Å². The summed E-state index contributed by atoms with van der Waals surface area (Å²) in [5.41, 5.74) is 1.42. The van der Waals surface area contributed by atoms with Gasteiger partial charge in [0, 0.05) is 5.56 Å². The molecule has 0 unspecified atom stereocenters.